The van der Waals surface area contributed by atoms with Crippen LogP contribution in [0.15, 0.2) is 23.1 Å². The second-order valence-electron chi connectivity index (χ2n) is 5.65. The minimum Gasteiger partial charge on any atom is -0.451 e. The third kappa shape index (κ3) is 2.94. The monoisotopic (exact) mass is 343 g/mol. The van der Waals surface area contributed by atoms with Gasteiger partial charge < -0.3 is 9.72 Å². The number of nitrogens with one attached hydrogen (secondary N) is 1. The normalized spacial score (nSPS) is 12.3. The van der Waals surface area contributed by atoms with Gasteiger partial charge >= 0.3 is 5.97 Å². The molecule has 0 saturated carbocycles. The molecule has 0 saturated heterocycles. The van der Waals surface area contributed by atoms with Gasteiger partial charge in [0.1, 0.15) is 4.83 Å². The molecule has 0 amide bonds. The highest BCUT2D eigenvalue weighted by atomic mass is 32.1. The van der Waals surface area contributed by atoms with Crippen molar-refractivity contribution in [1.29, 1.82) is 0 Å². The molecule has 0 spiro atoms. The molecular formula is C17H17N3O3S. The van der Waals surface area contributed by atoms with E-state index in [4.69, 9.17) is 4.74 Å². The van der Waals surface area contributed by atoms with Crippen molar-refractivity contribution in [3.63, 3.8) is 0 Å². The number of pyridine rings is 1. The third-order valence-electron chi connectivity index (χ3n) is 3.87. The SMILES string of the molecule is Cc1ccc(C(=O)O[C@H](C)c2nc3sc(C)c(C)c3c(=O)[nH]2)cn1. The summed E-state index contributed by atoms with van der Waals surface area (Å²) in [5.41, 5.74) is 1.90. The molecule has 24 heavy (non-hydrogen) atoms. The number of carbonyl (C=O) groups is 1. The van der Waals surface area contributed by atoms with E-state index in [1.54, 1.807) is 19.1 Å². The van der Waals surface area contributed by atoms with Crippen LogP contribution < -0.4 is 5.56 Å². The molecule has 3 aromatic heterocycles. The Bertz CT molecular complexity index is 973. The van der Waals surface area contributed by atoms with Crippen LogP contribution in [0.2, 0.25) is 0 Å². The van der Waals surface area contributed by atoms with Crippen molar-refractivity contribution in [3.05, 3.63) is 56.2 Å². The van der Waals surface area contributed by atoms with E-state index in [0.717, 1.165) is 16.1 Å². The predicted octanol–water partition coefficient (Wildman–Crippen LogP) is 3.22. The van der Waals surface area contributed by atoms with Crippen molar-refractivity contribution in [2.45, 2.75) is 33.8 Å². The van der Waals surface area contributed by atoms with Gasteiger partial charge in [-0.15, -0.1) is 11.3 Å². The summed E-state index contributed by atoms with van der Waals surface area (Å²) in [7, 11) is 0. The van der Waals surface area contributed by atoms with Gasteiger partial charge in [0.15, 0.2) is 11.9 Å². The number of aryl methyl sites for hydroxylation is 3. The Morgan fingerprint density at radius 3 is 2.71 bits per heavy atom. The molecule has 1 N–H and O–H groups in total. The molecule has 1 atom stereocenters. The van der Waals surface area contributed by atoms with Crippen molar-refractivity contribution >= 4 is 27.5 Å². The average Bonchev–Trinajstić information content (AvgIpc) is 2.82. The van der Waals surface area contributed by atoms with Crippen LogP contribution in [0.1, 0.15) is 45.3 Å². The van der Waals surface area contributed by atoms with Gasteiger partial charge in [0, 0.05) is 16.8 Å². The van der Waals surface area contributed by atoms with Crippen molar-refractivity contribution in [2.24, 2.45) is 0 Å². The summed E-state index contributed by atoms with van der Waals surface area (Å²) in [5.74, 6) is -0.168. The summed E-state index contributed by atoms with van der Waals surface area (Å²) >= 11 is 1.46. The lowest BCUT2D eigenvalue weighted by molar-refractivity contribution is 0.0319. The van der Waals surface area contributed by atoms with Gasteiger partial charge in [-0.25, -0.2) is 9.78 Å². The van der Waals surface area contributed by atoms with Crippen LogP contribution >= 0.6 is 11.3 Å². The first kappa shape index (κ1) is 16.3. The Hall–Kier alpha value is -2.54. The van der Waals surface area contributed by atoms with Crippen molar-refractivity contribution in [2.75, 3.05) is 0 Å². The first-order valence-electron chi connectivity index (χ1n) is 7.50. The lowest BCUT2D eigenvalue weighted by atomic mass is 10.2. The average molecular weight is 343 g/mol. The van der Waals surface area contributed by atoms with E-state index in [9.17, 15) is 9.59 Å². The Morgan fingerprint density at radius 1 is 1.29 bits per heavy atom. The van der Waals surface area contributed by atoms with Gasteiger partial charge in [0.05, 0.1) is 10.9 Å². The summed E-state index contributed by atoms with van der Waals surface area (Å²) in [4.78, 5) is 37.4. The number of aromatic amines is 1. The molecule has 0 aromatic carbocycles. The molecule has 0 aliphatic heterocycles. The highest BCUT2D eigenvalue weighted by Gasteiger charge is 2.19. The smallest absolute Gasteiger partial charge is 0.340 e. The number of H-pyrrole nitrogens is 1. The van der Waals surface area contributed by atoms with Crippen LogP contribution in [0.5, 0.6) is 0 Å². The lowest BCUT2D eigenvalue weighted by Crippen LogP contribution is -2.17. The summed E-state index contributed by atoms with van der Waals surface area (Å²) in [6, 6.07) is 3.40. The number of rotatable bonds is 3. The van der Waals surface area contributed by atoms with Crippen molar-refractivity contribution < 1.29 is 9.53 Å². The third-order valence-corrected chi connectivity index (χ3v) is 4.97. The lowest BCUT2D eigenvalue weighted by Gasteiger charge is -2.12. The number of esters is 1. The van der Waals surface area contributed by atoms with E-state index in [1.807, 2.05) is 20.8 Å². The van der Waals surface area contributed by atoms with E-state index in [1.165, 1.54) is 17.5 Å². The first-order valence-corrected chi connectivity index (χ1v) is 8.32. The number of nitrogens with zero attached hydrogens (tertiary/aromatic N) is 2. The van der Waals surface area contributed by atoms with E-state index < -0.39 is 12.1 Å². The number of aromatic nitrogens is 3. The number of thiophene rings is 1. The maximum absolute atomic E-state index is 12.3. The van der Waals surface area contributed by atoms with Gasteiger partial charge in [-0.2, -0.15) is 0 Å². The number of carbonyl (C=O) groups excluding carboxylic acids is 1. The van der Waals surface area contributed by atoms with E-state index in [0.29, 0.717) is 21.6 Å². The number of hydrogen-bond acceptors (Lipinski definition) is 6. The zero-order valence-electron chi connectivity index (χ0n) is 13.8. The van der Waals surface area contributed by atoms with E-state index >= 15 is 0 Å². The quantitative estimate of drug-likeness (QED) is 0.738. The van der Waals surface area contributed by atoms with Crippen LogP contribution in [0.3, 0.4) is 0 Å². The fourth-order valence-corrected chi connectivity index (χ4v) is 3.37. The second-order valence-corrected chi connectivity index (χ2v) is 6.85. The Morgan fingerprint density at radius 2 is 2.04 bits per heavy atom. The van der Waals surface area contributed by atoms with Crippen LogP contribution in [0, 0.1) is 20.8 Å². The van der Waals surface area contributed by atoms with Crippen molar-refractivity contribution in [1.82, 2.24) is 15.0 Å². The maximum Gasteiger partial charge on any atom is 0.340 e. The molecule has 3 aromatic rings. The zero-order chi connectivity index (χ0) is 17.4. The zero-order valence-corrected chi connectivity index (χ0v) is 14.7. The number of ether oxygens (including phenoxy) is 1. The Labute approximate surface area is 142 Å². The molecule has 0 fully saturated rings. The molecular weight excluding hydrogens is 326 g/mol. The molecule has 7 heteroatoms. The largest absolute Gasteiger partial charge is 0.451 e. The Kier molecular flexibility index (Phi) is 4.19. The molecule has 3 rings (SSSR count). The summed E-state index contributed by atoms with van der Waals surface area (Å²) in [6.45, 7) is 7.37. The molecule has 0 radical (unpaired) electrons. The molecule has 0 aliphatic carbocycles. The van der Waals surface area contributed by atoms with E-state index in [-0.39, 0.29) is 5.56 Å². The van der Waals surface area contributed by atoms with Gasteiger partial charge in [-0.3, -0.25) is 9.78 Å². The maximum atomic E-state index is 12.3. The molecule has 0 unspecified atom stereocenters. The molecule has 124 valence electrons. The molecule has 0 bridgehead atoms. The number of fused-ring (bicyclic) bond motifs is 1. The van der Waals surface area contributed by atoms with Gasteiger partial charge in [-0.05, 0) is 45.4 Å². The predicted molar refractivity (Wildman–Crippen MR) is 92.5 cm³/mol. The summed E-state index contributed by atoms with van der Waals surface area (Å²) in [5, 5.41) is 0.600. The highest BCUT2D eigenvalue weighted by molar-refractivity contribution is 7.18. The molecule has 0 aliphatic rings. The molecule has 6 nitrogen and oxygen atoms in total. The van der Waals surface area contributed by atoms with Gasteiger partial charge in [0.2, 0.25) is 0 Å². The summed E-state index contributed by atoms with van der Waals surface area (Å²) in [6.07, 6.45) is 0.800. The van der Waals surface area contributed by atoms with Crippen molar-refractivity contribution in [3.8, 4) is 0 Å². The molecule has 3 heterocycles. The Balaban J connectivity index is 1.88. The highest BCUT2D eigenvalue weighted by Crippen LogP contribution is 2.27. The minimum atomic E-state index is -0.668. The fraction of sp³-hybridized carbons (Fsp3) is 0.294. The first-order chi connectivity index (χ1) is 11.4. The van der Waals surface area contributed by atoms with Crippen LogP contribution in [0.4, 0.5) is 0 Å². The summed E-state index contributed by atoms with van der Waals surface area (Å²) < 4.78 is 5.40. The topological polar surface area (TPSA) is 84.9 Å². The van der Waals surface area contributed by atoms with Crippen LogP contribution in [0.25, 0.3) is 10.2 Å². The van der Waals surface area contributed by atoms with Crippen LogP contribution in [-0.2, 0) is 4.74 Å². The van der Waals surface area contributed by atoms with Gasteiger partial charge in [-0.1, -0.05) is 0 Å². The fourth-order valence-electron chi connectivity index (χ4n) is 2.34. The minimum absolute atomic E-state index is 0.211. The second kappa shape index (κ2) is 6.16. The standard InChI is InChI=1S/C17H17N3O3S/c1-8-5-6-12(7-18-8)17(22)23-10(3)14-19-15(21)13-9(2)11(4)24-16(13)20-14/h5-7,10H,1-4H3,(H,19,20,21)/t10-/m1/s1. The van der Waals surface area contributed by atoms with Gasteiger partial charge in [0.25, 0.3) is 5.56 Å². The van der Waals surface area contributed by atoms with Crippen LogP contribution in [-0.4, -0.2) is 20.9 Å². The number of hydrogen-bond donors (Lipinski definition) is 1. The van der Waals surface area contributed by atoms with E-state index in [2.05, 4.69) is 15.0 Å².